The lowest BCUT2D eigenvalue weighted by Gasteiger charge is -2.40. The van der Waals surface area contributed by atoms with Gasteiger partial charge in [-0.3, -0.25) is 4.79 Å². The standard InChI is InChI=1S/C14H25NO2/c1-13(2)5-7-14(17,8-6-13)10-15-12(16)9-11-3-4-11/h11,17H,3-10H2,1-2H3,(H,15,16). The van der Waals surface area contributed by atoms with Gasteiger partial charge in [0.2, 0.25) is 5.91 Å². The van der Waals surface area contributed by atoms with Gasteiger partial charge >= 0.3 is 0 Å². The van der Waals surface area contributed by atoms with Crippen molar-refractivity contribution in [1.29, 1.82) is 0 Å². The highest BCUT2D eigenvalue weighted by atomic mass is 16.3. The van der Waals surface area contributed by atoms with Crippen molar-refractivity contribution in [2.75, 3.05) is 6.54 Å². The lowest BCUT2D eigenvalue weighted by Crippen LogP contribution is -2.46. The van der Waals surface area contributed by atoms with E-state index in [-0.39, 0.29) is 5.91 Å². The quantitative estimate of drug-likeness (QED) is 0.790. The fourth-order valence-electron chi connectivity index (χ4n) is 2.49. The summed E-state index contributed by atoms with van der Waals surface area (Å²) in [7, 11) is 0. The van der Waals surface area contributed by atoms with Crippen LogP contribution < -0.4 is 5.32 Å². The van der Waals surface area contributed by atoms with Gasteiger partial charge in [-0.15, -0.1) is 0 Å². The summed E-state index contributed by atoms with van der Waals surface area (Å²) in [5.74, 6) is 0.737. The van der Waals surface area contributed by atoms with Crippen LogP contribution in [0.15, 0.2) is 0 Å². The van der Waals surface area contributed by atoms with E-state index >= 15 is 0 Å². The van der Waals surface area contributed by atoms with Gasteiger partial charge < -0.3 is 10.4 Å². The Hall–Kier alpha value is -0.570. The highest BCUT2D eigenvalue weighted by Gasteiger charge is 2.37. The average Bonchev–Trinajstić information content (AvgIpc) is 3.05. The van der Waals surface area contributed by atoms with E-state index in [1.165, 1.54) is 12.8 Å². The Morgan fingerprint density at radius 3 is 2.35 bits per heavy atom. The van der Waals surface area contributed by atoms with Crippen molar-refractivity contribution in [1.82, 2.24) is 5.32 Å². The van der Waals surface area contributed by atoms with Crippen molar-refractivity contribution in [3.63, 3.8) is 0 Å². The summed E-state index contributed by atoms with van der Waals surface area (Å²) in [5.41, 5.74) is -0.307. The summed E-state index contributed by atoms with van der Waals surface area (Å²) >= 11 is 0. The molecule has 0 aromatic carbocycles. The van der Waals surface area contributed by atoms with Crippen molar-refractivity contribution >= 4 is 5.91 Å². The van der Waals surface area contributed by atoms with Crippen LogP contribution in [0.1, 0.15) is 58.8 Å². The van der Waals surface area contributed by atoms with Gasteiger partial charge in [0.1, 0.15) is 0 Å². The Morgan fingerprint density at radius 1 is 1.24 bits per heavy atom. The highest BCUT2D eigenvalue weighted by molar-refractivity contribution is 5.76. The molecular formula is C14H25NO2. The molecule has 2 saturated carbocycles. The van der Waals surface area contributed by atoms with Crippen molar-refractivity contribution in [2.45, 2.75) is 64.4 Å². The summed E-state index contributed by atoms with van der Waals surface area (Å²) in [6, 6.07) is 0. The molecule has 3 heteroatoms. The monoisotopic (exact) mass is 239 g/mol. The summed E-state index contributed by atoms with van der Waals surface area (Å²) in [4.78, 5) is 11.6. The second-order valence-electron chi connectivity index (χ2n) is 6.81. The number of hydrogen-bond acceptors (Lipinski definition) is 2. The molecule has 0 aromatic rings. The van der Waals surface area contributed by atoms with Gasteiger partial charge in [0.25, 0.3) is 0 Å². The summed E-state index contributed by atoms with van der Waals surface area (Å²) in [6.45, 7) is 4.94. The topological polar surface area (TPSA) is 49.3 Å². The van der Waals surface area contributed by atoms with Gasteiger partial charge in [-0.2, -0.15) is 0 Å². The van der Waals surface area contributed by atoms with Crippen molar-refractivity contribution < 1.29 is 9.90 Å². The lowest BCUT2D eigenvalue weighted by molar-refractivity contribution is -0.123. The molecule has 0 radical (unpaired) electrons. The highest BCUT2D eigenvalue weighted by Crippen LogP contribution is 2.39. The van der Waals surface area contributed by atoms with Crippen LogP contribution in [-0.4, -0.2) is 23.2 Å². The molecule has 0 bridgehead atoms. The predicted molar refractivity (Wildman–Crippen MR) is 67.5 cm³/mol. The van der Waals surface area contributed by atoms with Crippen LogP contribution in [0.4, 0.5) is 0 Å². The van der Waals surface area contributed by atoms with Crippen LogP contribution in [0.2, 0.25) is 0 Å². The third kappa shape index (κ3) is 3.98. The number of hydrogen-bond donors (Lipinski definition) is 2. The molecule has 2 aliphatic rings. The number of carbonyl (C=O) groups excluding carboxylic acids is 1. The molecule has 0 spiro atoms. The molecule has 2 fully saturated rings. The van der Waals surface area contributed by atoms with Crippen LogP contribution in [0.25, 0.3) is 0 Å². The first kappa shape index (κ1) is 12.9. The molecule has 3 nitrogen and oxygen atoms in total. The fourth-order valence-corrected chi connectivity index (χ4v) is 2.49. The van der Waals surface area contributed by atoms with Gasteiger partial charge in [-0.1, -0.05) is 13.8 Å². The fraction of sp³-hybridized carbons (Fsp3) is 0.929. The first-order valence-corrected chi connectivity index (χ1v) is 6.88. The summed E-state index contributed by atoms with van der Waals surface area (Å²) < 4.78 is 0. The largest absolute Gasteiger partial charge is 0.388 e. The molecule has 0 unspecified atom stereocenters. The van der Waals surface area contributed by atoms with Gasteiger partial charge in [-0.05, 0) is 49.9 Å². The maximum Gasteiger partial charge on any atom is 0.220 e. The zero-order valence-corrected chi connectivity index (χ0v) is 11.1. The Labute approximate surface area is 104 Å². The lowest BCUT2D eigenvalue weighted by atomic mass is 9.71. The van der Waals surface area contributed by atoms with Crippen LogP contribution >= 0.6 is 0 Å². The van der Waals surface area contributed by atoms with E-state index in [1.807, 2.05) is 0 Å². The minimum atomic E-state index is -0.658. The summed E-state index contributed by atoms with van der Waals surface area (Å²) in [5, 5.41) is 13.3. The third-order valence-corrected chi connectivity index (χ3v) is 4.32. The van der Waals surface area contributed by atoms with E-state index in [0.29, 0.717) is 24.3 Å². The van der Waals surface area contributed by atoms with E-state index in [9.17, 15) is 9.90 Å². The minimum absolute atomic E-state index is 0.116. The van der Waals surface area contributed by atoms with Crippen molar-refractivity contribution in [3.8, 4) is 0 Å². The van der Waals surface area contributed by atoms with Crippen LogP contribution in [0.5, 0.6) is 0 Å². The van der Waals surface area contributed by atoms with Gasteiger partial charge in [0, 0.05) is 13.0 Å². The Bertz CT molecular complexity index is 285. The van der Waals surface area contributed by atoms with Crippen molar-refractivity contribution in [2.24, 2.45) is 11.3 Å². The predicted octanol–water partition coefficient (Wildman–Crippen LogP) is 2.23. The van der Waals surface area contributed by atoms with E-state index in [4.69, 9.17) is 0 Å². The van der Waals surface area contributed by atoms with Gasteiger partial charge in [0.15, 0.2) is 0 Å². The molecule has 0 aromatic heterocycles. The van der Waals surface area contributed by atoms with Crippen LogP contribution in [0, 0.1) is 11.3 Å². The summed E-state index contributed by atoms with van der Waals surface area (Å²) in [6.07, 6.45) is 6.76. The number of carbonyl (C=O) groups is 1. The van der Waals surface area contributed by atoms with E-state index in [0.717, 1.165) is 25.7 Å². The van der Waals surface area contributed by atoms with Gasteiger partial charge in [0.05, 0.1) is 5.60 Å². The van der Waals surface area contributed by atoms with E-state index in [1.54, 1.807) is 0 Å². The number of rotatable bonds is 4. The molecule has 0 aliphatic heterocycles. The average molecular weight is 239 g/mol. The van der Waals surface area contributed by atoms with Gasteiger partial charge in [-0.25, -0.2) is 0 Å². The zero-order chi connectivity index (χ0) is 12.5. The molecule has 0 heterocycles. The molecule has 0 saturated heterocycles. The Balaban J connectivity index is 1.72. The first-order chi connectivity index (χ1) is 7.89. The second-order valence-corrected chi connectivity index (χ2v) is 6.81. The number of aliphatic hydroxyl groups is 1. The third-order valence-electron chi connectivity index (χ3n) is 4.32. The molecular weight excluding hydrogens is 214 g/mol. The molecule has 2 N–H and O–H groups in total. The zero-order valence-electron chi connectivity index (χ0n) is 11.1. The Kier molecular flexibility index (Phi) is 3.48. The normalized spacial score (nSPS) is 26.5. The van der Waals surface area contributed by atoms with Crippen LogP contribution in [-0.2, 0) is 4.79 Å². The molecule has 2 rings (SSSR count). The smallest absolute Gasteiger partial charge is 0.220 e. The Morgan fingerprint density at radius 2 is 1.82 bits per heavy atom. The van der Waals surface area contributed by atoms with Crippen LogP contribution in [0.3, 0.4) is 0 Å². The second kappa shape index (κ2) is 4.60. The number of nitrogens with one attached hydrogen (secondary N) is 1. The molecule has 98 valence electrons. The maximum atomic E-state index is 11.6. The maximum absolute atomic E-state index is 11.6. The first-order valence-electron chi connectivity index (χ1n) is 6.88. The van der Waals surface area contributed by atoms with E-state index in [2.05, 4.69) is 19.2 Å². The molecule has 17 heavy (non-hydrogen) atoms. The minimum Gasteiger partial charge on any atom is -0.388 e. The van der Waals surface area contributed by atoms with E-state index < -0.39 is 5.60 Å². The molecule has 0 atom stereocenters. The molecule has 1 amide bonds. The number of amides is 1. The SMILES string of the molecule is CC1(C)CCC(O)(CNC(=O)CC2CC2)CC1. The van der Waals surface area contributed by atoms with Crippen molar-refractivity contribution in [3.05, 3.63) is 0 Å². The molecule has 2 aliphatic carbocycles.